The normalized spacial score (nSPS) is 26.4. The lowest BCUT2D eigenvalue weighted by Crippen LogP contribution is -2.33. The molecule has 4 rings (SSSR count). The van der Waals surface area contributed by atoms with Crippen molar-refractivity contribution < 1.29 is 24.5 Å². The average molecular weight is 347 g/mol. The number of furan rings is 1. The second-order valence-corrected chi connectivity index (χ2v) is 5.71. The van der Waals surface area contributed by atoms with E-state index in [4.69, 9.17) is 9.15 Å². The highest BCUT2D eigenvalue weighted by Crippen LogP contribution is 2.32. The van der Waals surface area contributed by atoms with E-state index in [2.05, 4.69) is 20.3 Å². The Hall–Kier alpha value is -2.53. The lowest BCUT2D eigenvalue weighted by Gasteiger charge is -2.16. The molecule has 1 saturated heterocycles. The summed E-state index contributed by atoms with van der Waals surface area (Å²) in [4.78, 5) is 12.7. The van der Waals surface area contributed by atoms with E-state index in [-0.39, 0.29) is 0 Å². The molecular weight excluding hydrogens is 330 g/mol. The van der Waals surface area contributed by atoms with Crippen molar-refractivity contribution in [2.75, 3.05) is 11.9 Å². The molecule has 0 spiro atoms. The zero-order chi connectivity index (χ0) is 17.4. The van der Waals surface area contributed by atoms with Crippen LogP contribution in [0, 0.1) is 0 Å². The summed E-state index contributed by atoms with van der Waals surface area (Å²) in [5.74, 6) is 1.25. The van der Waals surface area contributed by atoms with E-state index in [1.165, 1.54) is 17.2 Å². The molecule has 10 heteroatoms. The third-order valence-corrected chi connectivity index (χ3v) is 4.16. The smallest absolute Gasteiger partial charge is 0.167 e. The number of aromatic nitrogens is 4. The quantitative estimate of drug-likeness (QED) is 0.487. The first kappa shape index (κ1) is 16.0. The van der Waals surface area contributed by atoms with E-state index in [0.29, 0.717) is 23.5 Å². The molecule has 0 aromatic carbocycles. The molecule has 3 aromatic rings. The molecule has 4 atom stereocenters. The van der Waals surface area contributed by atoms with E-state index in [0.717, 1.165) is 5.76 Å². The number of aliphatic hydroxyl groups excluding tert-OH is 3. The van der Waals surface area contributed by atoms with Crippen LogP contribution in [0.15, 0.2) is 35.5 Å². The largest absolute Gasteiger partial charge is 0.467 e. The average Bonchev–Trinajstić information content (AvgIpc) is 3.34. The van der Waals surface area contributed by atoms with Gasteiger partial charge in [-0.25, -0.2) is 15.0 Å². The van der Waals surface area contributed by atoms with Gasteiger partial charge in [-0.2, -0.15) is 0 Å². The maximum Gasteiger partial charge on any atom is 0.167 e. The molecule has 0 amide bonds. The summed E-state index contributed by atoms with van der Waals surface area (Å²) in [7, 11) is 0. The van der Waals surface area contributed by atoms with Gasteiger partial charge in [0, 0.05) is 0 Å². The molecule has 10 nitrogen and oxygen atoms in total. The highest BCUT2D eigenvalue weighted by atomic mass is 16.6. The van der Waals surface area contributed by atoms with Gasteiger partial charge in [-0.15, -0.1) is 0 Å². The van der Waals surface area contributed by atoms with Crippen LogP contribution in [-0.4, -0.2) is 59.8 Å². The lowest BCUT2D eigenvalue weighted by atomic mass is 10.1. The molecule has 3 aromatic heterocycles. The number of hydrogen-bond donors (Lipinski definition) is 4. The number of nitrogens with one attached hydrogen (secondary N) is 1. The molecule has 25 heavy (non-hydrogen) atoms. The second kappa shape index (κ2) is 6.41. The van der Waals surface area contributed by atoms with Gasteiger partial charge < -0.3 is 29.8 Å². The fourth-order valence-corrected chi connectivity index (χ4v) is 2.86. The summed E-state index contributed by atoms with van der Waals surface area (Å²) in [6.07, 6.45) is 0.253. The summed E-state index contributed by atoms with van der Waals surface area (Å²) in [5.41, 5.74) is 0.929. The minimum atomic E-state index is -1.20. The lowest BCUT2D eigenvalue weighted by molar-refractivity contribution is -0.0511. The number of hydrogen-bond acceptors (Lipinski definition) is 9. The molecule has 4 N–H and O–H groups in total. The number of imidazole rings is 1. The Bertz CT molecular complexity index is 851. The minimum Gasteiger partial charge on any atom is -0.467 e. The summed E-state index contributed by atoms with van der Waals surface area (Å²) < 4.78 is 12.3. The summed E-state index contributed by atoms with van der Waals surface area (Å²) >= 11 is 0. The molecule has 0 bridgehead atoms. The topological polar surface area (TPSA) is 139 Å². The molecule has 0 saturated carbocycles. The van der Waals surface area contributed by atoms with Gasteiger partial charge in [0.2, 0.25) is 0 Å². The third-order valence-electron chi connectivity index (χ3n) is 4.16. The molecule has 132 valence electrons. The van der Waals surface area contributed by atoms with Gasteiger partial charge in [0.1, 0.15) is 30.4 Å². The van der Waals surface area contributed by atoms with Gasteiger partial charge >= 0.3 is 0 Å². The van der Waals surface area contributed by atoms with Crippen LogP contribution in [0.1, 0.15) is 12.0 Å². The van der Waals surface area contributed by atoms with Gasteiger partial charge in [0.15, 0.2) is 23.2 Å². The van der Waals surface area contributed by atoms with Crippen molar-refractivity contribution in [2.24, 2.45) is 0 Å². The van der Waals surface area contributed by atoms with Crippen LogP contribution >= 0.6 is 0 Å². The van der Waals surface area contributed by atoms with E-state index >= 15 is 0 Å². The predicted molar refractivity (Wildman–Crippen MR) is 84.4 cm³/mol. The van der Waals surface area contributed by atoms with Crippen molar-refractivity contribution in [2.45, 2.75) is 31.1 Å². The number of rotatable bonds is 5. The van der Waals surface area contributed by atoms with Crippen molar-refractivity contribution in [1.29, 1.82) is 0 Å². The molecule has 4 heterocycles. The van der Waals surface area contributed by atoms with Crippen LogP contribution in [0.2, 0.25) is 0 Å². The molecule has 1 fully saturated rings. The van der Waals surface area contributed by atoms with Gasteiger partial charge in [0.25, 0.3) is 0 Å². The first-order valence-electron chi connectivity index (χ1n) is 7.75. The van der Waals surface area contributed by atoms with Crippen molar-refractivity contribution in [3.8, 4) is 0 Å². The molecule has 1 aliphatic heterocycles. The number of fused-ring (bicyclic) bond motifs is 1. The molecular formula is C15H17N5O5. The van der Waals surface area contributed by atoms with E-state index in [1.54, 1.807) is 12.3 Å². The van der Waals surface area contributed by atoms with Crippen LogP contribution in [-0.2, 0) is 11.3 Å². The summed E-state index contributed by atoms with van der Waals surface area (Å²) in [6, 6.07) is 3.63. The summed E-state index contributed by atoms with van der Waals surface area (Å²) in [5, 5.41) is 32.4. The number of nitrogens with zero attached hydrogens (tertiary/aromatic N) is 4. The maximum absolute atomic E-state index is 10.2. The monoisotopic (exact) mass is 347 g/mol. The minimum absolute atomic E-state index is 0.397. The van der Waals surface area contributed by atoms with E-state index in [1.807, 2.05) is 6.07 Å². The van der Waals surface area contributed by atoms with E-state index in [9.17, 15) is 15.3 Å². The van der Waals surface area contributed by atoms with Crippen molar-refractivity contribution >= 4 is 17.0 Å². The number of ether oxygens (including phenoxy) is 1. The Balaban J connectivity index is 1.63. The molecule has 0 unspecified atom stereocenters. The third kappa shape index (κ3) is 2.74. The highest BCUT2D eigenvalue weighted by Gasteiger charge is 2.44. The summed E-state index contributed by atoms with van der Waals surface area (Å²) in [6.45, 7) is 0.0338. The Kier molecular flexibility index (Phi) is 4.09. The maximum atomic E-state index is 10.2. The van der Waals surface area contributed by atoms with Crippen LogP contribution in [0.3, 0.4) is 0 Å². The zero-order valence-electron chi connectivity index (χ0n) is 13.1. The Morgan fingerprint density at radius 1 is 1.20 bits per heavy atom. The zero-order valence-corrected chi connectivity index (χ0v) is 13.1. The van der Waals surface area contributed by atoms with Crippen LogP contribution < -0.4 is 5.32 Å². The van der Waals surface area contributed by atoms with Gasteiger partial charge in [-0.1, -0.05) is 0 Å². The van der Waals surface area contributed by atoms with Crippen molar-refractivity contribution in [3.05, 3.63) is 36.8 Å². The highest BCUT2D eigenvalue weighted by molar-refractivity contribution is 5.82. The first-order valence-corrected chi connectivity index (χ1v) is 7.75. The molecule has 0 aliphatic carbocycles. The van der Waals surface area contributed by atoms with Crippen molar-refractivity contribution in [1.82, 2.24) is 19.5 Å². The Morgan fingerprint density at radius 3 is 2.80 bits per heavy atom. The Labute approximate surface area is 141 Å². The van der Waals surface area contributed by atoms with Crippen LogP contribution in [0.4, 0.5) is 5.82 Å². The van der Waals surface area contributed by atoms with Crippen molar-refractivity contribution in [3.63, 3.8) is 0 Å². The molecule has 0 radical (unpaired) electrons. The fourth-order valence-electron chi connectivity index (χ4n) is 2.86. The Morgan fingerprint density at radius 2 is 2.08 bits per heavy atom. The van der Waals surface area contributed by atoms with Gasteiger partial charge in [-0.05, 0) is 12.1 Å². The fraction of sp³-hybridized carbons (Fsp3) is 0.400. The van der Waals surface area contributed by atoms with E-state index < -0.39 is 31.1 Å². The molecule has 1 aliphatic rings. The van der Waals surface area contributed by atoms with Gasteiger partial charge in [0.05, 0.1) is 25.7 Å². The number of aliphatic hydroxyl groups is 3. The predicted octanol–water partition coefficient (Wildman–Crippen LogP) is -0.357. The van der Waals surface area contributed by atoms with Crippen LogP contribution in [0.5, 0.6) is 0 Å². The second-order valence-electron chi connectivity index (χ2n) is 5.71. The number of anilines is 1. The first-order chi connectivity index (χ1) is 12.2. The van der Waals surface area contributed by atoms with Crippen LogP contribution in [0.25, 0.3) is 11.2 Å². The van der Waals surface area contributed by atoms with Gasteiger partial charge in [-0.3, -0.25) is 4.57 Å². The SMILES string of the molecule is OC[C@@H]1O[C@@H](n2cnc3c(NCc4ccco4)ncnc32)[C@@H](O)[C@@H]1O. The standard InChI is InChI=1S/C15H17N5O5/c21-5-9-11(22)12(23)15(25-9)20-7-19-10-13(17-6-18-14(10)20)16-4-8-2-1-3-24-8/h1-3,6-7,9,11-12,15,21-23H,4-5H2,(H,16,17,18)/t9-,11+,12-,15+/m0/s1.